The number of nitrogens with zero attached hydrogens (tertiary/aromatic N) is 1. The van der Waals surface area contributed by atoms with Gasteiger partial charge in [-0.3, -0.25) is 9.69 Å². The number of aryl methyl sites for hydroxylation is 3. The minimum atomic E-state index is -0.654. The molecule has 0 saturated carbocycles. The van der Waals surface area contributed by atoms with Crippen molar-refractivity contribution in [1.29, 1.82) is 0 Å². The highest BCUT2D eigenvalue weighted by Crippen LogP contribution is 2.36. The van der Waals surface area contributed by atoms with Crippen molar-refractivity contribution in [3.05, 3.63) is 34.4 Å². The Hall–Kier alpha value is -1.35. The maximum Gasteiger partial charge on any atom is 0.324 e. The van der Waals surface area contributed by atoms with E-state index in [2.05, 4.69) is 44.7 Å². The third-order valence-corrected chi connectivity index (χ3v) is 4.87. The van der Waals surface area contributed by atoms with Crippen molar-refractivity contribution in [2.45, 2.75) is 65.5 Å². The molecule has 3 heteroatoms. The second kappa shape index (κ2) is 6.18. The summed E-state index contributed by atoms with van der Waals surface area (Å²) in [7, 11) is 0. The molecule has 1 aliphatic heterocycles. The van der Waals surface area contributed by atoms with E-state index in [1.54, 1.807) is 0 Å². The predicted molar refractivity (Wildman–Crippen MR) is 85.6 cm³/mol. The summed E-state index contributed by atoms with van der Waals surface area (Å²) in [6.07, 6.45) is 3.41. The number of likely N-dealkylation sites (tertiary alicyclic amines) is 1. The maximum atomic E-state index is 11.9. The molecule has 1 aromatic carbocycles. The van der Waals surface area contributed by atoms with Crippen LogP contribution in [0.4, 0.5) is 0 Å². The smallest absolute Gasteiger partial charge is 0.324 e. The number of hydrogen-bond acceptors (Lipinski definition) is 2. The number of carboxylic acid groups (broad SMARTS) is 1. The zero-order chi connectivity index (χ0) is 15.6. The highest BCUT2D eigenvalue weighted by atomic mass is 16.4. The summed E-state index contributed by atoms with van der Waals surface area (Å²) < 4.78 is 0. The molecule has 1 N–H and O–H groups in total. The quantitative estimate of drug-likeness (QED) is 0.895. The lowest BCUT2D eigenvalue weighted by atomic mass is 9.89. The summed E-state index contributed by atoms with van der Waals surface area (Å²) in [5.74, 6) is -0.649. The Morgan fingerprint density at radius 1 is 1.29 bits per heavy atom. The van der Waals surface area contributed by atoms with Crippen molar-refractivity contribution in [2.24, 2.45) is 0 Å². The largest absolute Gasteiger partial charge is 0.480 e. The normalized spacial score (nSPS) is 22.7. The highest BCUT2D eigenvalue weighted by Gasteiger charge is 2.46. The Morgan fingerprint density at radius 3 is 2.43 bits per heavy atom. The van der Waals surface area contributed by atoms with Crippen LogP contribution in [0.5, 0.6) is 0 Å². The molecule has 1 aliphatic rings. The van der Waals surface area contributed by atoms with Gasteiger partial charge in [-0.15, -0.1) is 0 Å². The van der Waals surface area contributed by atoms with Crippen molar-refractivity contribution < 1.29 is 9.90 Å². The van der Waals surface area contributed by atoms with E-state index in [9.17, 15) is 9.90 Å². The number of rotatable bonds is 5. The Morgan fingerprint density at radius 2 is 1.90 bits per heavy atom. The minimum absolute atomic E-state index is 0.649. The molecule has 0 radical (unpaired) electrons. The van der Waals surface area contributed by atoms with Crippen LogP contribution in [-0.4, -0.2) is 28.1 Å². The van der Waals surface area contributed by atoms with Crippen LogP contribution in [0, 0.1) is 20.8 Å². The average Bonchev–Trinajstić information content (AvgIpc) is 2.78. The molecule has 0 spiro atoms. The standard InChI is InChI=1S/C18H27NO2/c1-5-7-18(17(20)21)8-6-9-19(18)12-16-14(3)10-13(2)11-15(16)4/h10-11H,5-9,12H2,1-4H3,(H,20,21). The van der Waals surface area contributed by atoms with E-state index in [1.807, 2.05) is 0 Å². The summed E-state index contributed by atoms with van der Waals surface area (Å²) in [5, 5.41) is 9.78. The van der Waals surface area contributed by atoms with E-state index in [4.69, 9.17) is 0 Å². The molecule has 1 fully saturated rings. The van der Waals surface area contributed by atoms with Gasteiger partial charge in [0.15, 0.2) is 0 Å². The summed E-state index contributed by atoms with van der Waals surface area (Å²) >= 11 is 0. The fourth-order valence-electron chi connectivity index (χ4n) is 3.86. The Kier molecular flexibility index (Phi) is 4.72. The van der Waals surface area contributed by atoms with E-state index in [0.717, 1.165) is 38.8 Å². The Bertz CT molecular complexity index is 515. The first kappa shape index (κ1) is 16.0. The third kappa shape index (κ3) is 2.98. The van der Waals surface area contributed by atoms with E-state index in [0.29, 0.717) is 0 Å². The molecule has 1 heterocycles. The lowest BCUT2D eigenvalue weighted by molar-refractivity contribution is -0.150. The molecule has 1 saturated heterocycles. The van der Waals surface area contributed by atoms with Gasteiger partial charge in [0, 0.05) is 6.54 Å². The molecular weight excluding hydrogens is 262 g/mol. The van der Waals surface area contributed by atoms with Crippen LogP contribution in [0.25, 0.3) is 0 Å². The summed E-state index contributed by atoms with van der Waals surface area (Å²) in [6, 6.07) is 4.39. The molecular formula is C18H27NO2. The van der Waals surface area contributed by atoms with Crippen molar-refractivity contribution in [3.8, 4) is 0 Å². The first-order chi connectivity index (χ1) is 9.90. The van der Waals surface area contributed by atoms with Crippen molar-refractivity contribution in [2.75, 3.05) is 6.54 Å². The van der Waals surface area contributed by atoms with Crippen LogP contribution in [-0.2, 0) is 11.3 Å². The first-order valence-corrected chi connectivity index (χ1v) is 7.96. The second-order valence-corrected chi connectivity index (χ2v) is 6.49. The Labute approximate surface area is 128 Å². The van der Waals surface area contributed by atoms with Gasteiger partial charge in [-0.1, -0.05) is 31.0 Å². The van der Waals surface area contributed by atoms with Crippen LogP contribution < -0.4 is 0 Å². The summed E-state index contributed by atoms with van der Waals surface area (Å²) in [6.45, 7) is 10.1. The molecule has 0 aliphatic carbocycles. The van der Waals surface area contributed by atoms with E-state index < -0.39 is 11.5 Å². The molecule has 0 amide bonds. The topological polar surface area (TPSA) is 40.5 Å². The molecule has 0 aromatic heterocycles. The number of carbonyl (C=O) groups is 1. The van der Waals surface area contributed by atoms with Gasteiger partial charge in [-0.2, -0.15) is 0 Å². The number of hydrogen-bond donors (Lipinski definition) is 1. The van der Waals surface area contributed by atoms with Gasteiger partial charge >= 0.3 is 5.97 Å². The fraction of sp³-hybridized carbons (Fsp3) is 0.611. The molecule has 2 rings (SSSR count). The minimum Gasteiger partial charge on any atom is -0.480 e. The number of carboxylic acids is 1. The van der Waals surface area contributed by atoms with Crippen LogP contribution in [0.3, 0.4) is 0 Å². The van der Waals surface area contributed by atoms with Gasteiger partial charge in [-0.25, -0.2) is 0 Å². The van der Waals surface area contributed by atoms with Gasteiger partial charge in [0.2, 0.25) is 0 Å². The molecule has 116 valence electrons. The van der Waals surface area contributed by atoms with Crippen LogP contribution >= 0.6 is 0 Å². The summed E-state index contributed by atoms with van der Waals surface area (Å²) in [5.41, 5.74) is 4.46. The van der Waals surface area contributed by atoms with Gasteiger partial charge in [0.05, 0.1) is 0 Å². The molecule has 0 bridgehead atoms. The average molecular weight is 289 g/mol. The van der Waals surface area contributed by atoms with Crippen molar-refractivity contribution in [1.82, 2.24) is 4.90 Å². The lowest BCUT2D eigenvalue weighted by Gasteiger charge is -2.35. The van der Waals surface area contributed by atoms with Gasteiger partial charge in [0.1, 0.15) is 5.54 Å². The van der Waals surface area contributed by atoms with E-state index in [1.165, 1.54) is 22.3 Å². The van der Waals surface area contributed by atoms with E-state index in [-0.39, 0.29) is 0 Å². The predicted octanol–water partition coefficient (Wildman–Crippen LogP) is 3.83. The summed E-state index contributed by atoms with van der Waals surface area (Å²) in [4.78, 5) is 14.1. The second-order valence-electron chi connectivity index (χ2n) is 6.49. The molecule has 1 atom stereocenters. The molecule has 1 aromatic rings. The van der Waals surface area contributed by atoms with Crippen molar-refractivity contribution >= 4 is 5.97 Å². The molecule has 1 unspecified atom stereocenters. The first-order valence-electron chi connectivity index (χ1n) is 7.96. The van der Waals surface area contributed by atoms with Crippen LogP contribution in [0.2, 0.25) is 0 Å². The van der Waals surface area contributed by atoms with E-state index >= 15 is 0 Å². The SMILES string of the molecule is CCCC1(C(=O)O)CCCN1Cc1c(C)cc(C)cc1C. The van der Waals surface area contributed by atoms with Crippen LogP contribution in [0.1, 0.15) is 54.9 Å². The molecule has 3 nitrogen and oxygen atoms in total. The maximum absolute atomic E-state index is 11.9. The lowest BCUT2D eigenvalue weighted by Crippen LogP contribution is -2.50. The zero-order valence-corrected chi connectivity index (χ0v) is 13.7. The Balaban J connectivity index is 2.32. The third-order valence-electron chi connectivity index (χ3n) is 4.87. The monoisotopic (exact) mass is 289 g/mol. The number of benzene rings is 1. The van der Waals surface area contributed by atoms with Gasteiger partial charge in [-0.05, 0) is 63.3 Å². The van der Waals surface area contributed by atoms with Gasteiger partial charge < -0.3 is 5.11 Å². The highest BCUT2D eigenvalue weighted by molar-refractivity contribution is 5.79. The zero-order valence-electron chi connectivity index (χ0n) is 13.7. The number of aliphatic carboxylic acids is 1. The van der Waals surface area contributed by atoms with Gasteiger partial charge in [0.25, 0.3) is 0 Å². The van der Waals surface area contributed by atoms with Crippen molar-refractivity contribution in [3.63, 3.8) is 0 Å². The van der Waals surface area contributed by atoms with Crippen LogP contribution in [0.15, 0.2) is 12.1 Å². The fourth-order valence-corrected chi connectivity index (χ4v) is 3.86. The molecule has 21 heavy (non-hydrogen) atoms.